The third-order valence-corrected chi connectivity index (χ3v) is 2.35. The largest absolute Gasteiger partial charge is 0.495 e. The molecule has 0 bridgehead atoms. The third-order valence-electron chi connectivity index (χ3n) is 1.70. The van der Waals surface area contributed by atoms with Crippen molar-refractivity contribution in [2.75, 3.05) is 13.7 Å². The summed E-state index contributed by atoms with van der Waals surface area (Å²) in [5.41, 5.74) is 0.829. The monoisotopic (exact) mass is 220 g/mol. The van der Waals surface area contributed by atoms with E-state index in [2.05, 4.69) is 0 Å². The Hall–Kier alpha value is -0.440. The molecule has 1 N–H and O–H groups in total. The van der Waals surface area contributed by atoms with Crippen LogP contribution >= 0.6 is 23.2 Å². The van der Waals surface area contributed by atoms with Crippen molar-refractivity contribution < 1.29 is 9.84 Å². The molecule has 0 saturated heterocycles. The summed E-state index contributed by atoms with van der Waals surface area (Å²) in [6, 6.07) is 3.35. The molecule has 2 nitrogen and oxygen atoms in total. The molecule has 0 unspecified atom stereocenters. The van der Waals surface area contributed by atoms with Gasteiger partial charge in [-0.1, -0.05) is 23.2 Å². The summed E-state index contributed by atoms with van der Waals surface area (Å²) in [5.74, 6) is 0.549. The van der Waals surface area contributed by atoms with Crippen molar-refractivity contribution in [2.24, 2.45) is 0 Å². The van der Waals surface area contributed by atoms with E-state index in [1.165, 1.54) is 7.11 Å². The molecule has 0 aliphatic carbocycles. The van der Waals surface area contributed by atoms with Gasteiger partial charge in [0.1, 0.15) is 5.75 Å². The lowest BCUT2D eigenvalue weighted by Gasteiger charge is -2.07. The first kappa shape index (κ1) is 10.6. The first-order chi connectivity index (χ1) is 6.19. The van der Waals surface area contributed by atoms with Gasteiger partial charge in [0.2, 0.25) is 0 Å². The van der Waals surface area contributed by atoms with E-state index in [1.54, 1.807) is 12.1 Å². The van der Waals surface area contributed by atoms with Gasteiger partial charge in [0.05, 0.1) is 12.1 Å². The van der Waals surface area contributed by atoms with Crippen molar-refractivity contribution in [3.8, 4) is 5.75 Å². The lowest BCUT2D eigenvalue weighted by molar-refractivity contribution is 0.299. The third kappa shape index (κ3) is 2.50. The smallest absolute Gasteiger partial charge is 0.138 e. The summed E-state index contributed by atoms with van der Waals surface area (Å²) < 4.78 is 4.98. The van der Waals surface area contributed by atoms with E-state index in [0.717, 1.165) is 5.56 Å². The summed E-state index contributed by atoms with van der Waals surface area (Å²) in [7, 11) is 1.53. The van der Waals surface area contributed by atoms with Gasteiger partial charge in [-0.05, 0) is 18.1 Å². The maximum Gasteiger partial charge on any atom is 0.138 e. The standard InChI is InChI=1S/C9H10Cl2O2/c1-13-9-5-7(10)6(2-3-12)4-8(9)11/h4-5,12H,2-3H2,1H3. The van der Waals surface area contributed by atoms with Crippen LogP contribution in [0.5, 0.6) is 5.75 Å². The number of methoxy groups -OCH3 is 1. The van der Waals surface area contributed by atoms with Crippen LogP contribution in [0.4, 0.5) is 0 Å². The van der Waals surface area contributed by atoms with E-state index in [9.17, 15) is 0 Å². The van der Waals surface area contributed by atoms with Crippen LogP contribution in [0, 0.1) is 0 Å². The molecule has 4 heteroatoms. The van der Waals surface area contributed by atoms with E-state index < -0.39 is 0 Å². The summed E-state index contributed by atoms with van der Waals surface area (Å²) >= 11 is 11.8. The maximum atomic E-state index is 8.73. The highest BCUT2D eigenvalue weighted by Crippen LogP contribution is 2.30. The van der Waals surface area contributed by atoms with Crippen molar-refractivity contribution in [3.05, 3.63) is 27.7 Å². The quantitative estimate of drug-likeness (QED) is 0.849. The maximum absolute atomic E-state index is 8.73. The number of hydrogen-bond acceptors (Lipinski definition) is 2. The zero-order valence-electron chi connectivity index (χ0n) is 7.18. The van der Waals surface area contributed by atoms with Gasteiger partial charge in [0.25, 0.3) is 0 Å². The predicted molar refractivity (Wildman–Crippen MR) is 53.8 cm³/mol. The lowest BCUT2D eigenvalue weighted by atomic mass is 10.1. The van der Waals surface area contributed by atoms with Crippen LogP contribution in [0.2, 0.25) is 10.0 Å². The molecule has 0 heterocycles. The molecular formula is C9H10Cl2O2. The number of aliphatic hydroxyl groups excluding tert-OH is 1. The second kappa shape index (κ2) is 4.70. The molecule has 1 aromatic carbocycles. The van der Waals surface area contributed by atoms with Gasteiger partial charge in [-0.3, -0.25) is 0 Å². The Morgan fingerprint density at radius 3 is 2.54 bits per heavy atom. The number of hydrogen-bond donors (Lipinski definition) is 1. The van der Waals surface area contributed by atoms with E-state index in [-0.39, 0.29) is 6.61 Å². The minimum atomic E-state index is 0.0579. The molecule has 0 fully saturated rings. The van der Waals surface area contributed by atoms with Gasteiger partial charge in [0.15, 0.2) is 0 Å². The number of aliphatic hydroxyl groups is 1. The van der Waals surface area contributed by atoms with E-state index in [1.807, 2.05) is 0 Å². The van der Waals surface area contributed by atoms with Gasteiger partial charge in [-0.2, -0.15) is 0 Å². The Balaban J connectivity index is 3.05. The molecular weight excluding hydrogens is 211 g/mol. The van der Waals surface area contributed by atoms with Crippen LogP contribution in [0.25, 0.3) is 0 Å². The van der Waals surface area contributed by atoms with Crippen LogP contribution < -0.4 is 4.74 Å². The molecule has 0 radical (unpaired) electrons. The van der Waals surface area contributed by atoms with Gasteiger partial charge in [0, 0.05) is 17.7 Å². The average molecular weight is 221 g/mol. The van der Waals surface area contributed by atoms with Crippen molar-refractivity contribution >= 4 is 23.2 Å². The minimum Gasteiger partial charge on any atom is -0.495 e. The molecule has 13 heavy (non-hydrogen) atoms. The van der Waals surface area contributed by atoms with E-state index in [0.29, 0.717) is 22.2 Å². The van der Waals surface area contributed by atoms with Crippen LogP contribution in [0.15, 0.2) is 12.1 Å². The lowest BCUT2D eigenvalue weighted by Crippen LogP contribution is -1.93. The molecule has 0 saturated carbocycles. The van der Waals surface area contributed by atoms with Gasteiger partial charge in [-0.15, -0.1) is 0 Å². The molecule has 0 amide bonds. The SMILES string of the molecule is COc1cc(Cl)c(CCO)cc1Cl. The normalized spacial score (nSPS) is 10.2. The molecule has 0 aliphatic heterocycles. The first-order valence-corrected chi connectivity index (χ1v) is 4.57. The molecule has 0 aromatic heterocycles. The Bertz CT molecular complexity index is 300. The zero-order valence-corrected chi connectivity index (χ0v) is 8.69. The first-order valence-electron chi connectivity index (χ1n) is 3.81. The summed E-state index contributed by atoms with van der Waals surface area (Å²) in [6.07, 6.45) is 0.503. The number of ether oxygens (including phenoxy) is 1. The van der Waals surface area contributed by atoms with Crippen LogP contribution in [0.3, 0.4) is 0 Å². The number of halogens is 2. The molecule has 0 atom stereocenters. The minimum absolute atomic E-state index is 0.0579. The molecule has 72 valence electrons. The highest BCUT2D eigenvalue weighted by molar-refractivity contribution is 6.34. The number of rotatable bonds is 3. The Morgan fingerprint density at radius 1 is 1.31 bits per heavy atom. The second-order valence-corrected chi connectivity index (χ2v) is 3.37. The van der Waals surface area contributed by atoms with Crippen molar-refractivity contribution in [3.63, 3.8) is 0 Å². The molecule has 0 spiro atoms. The topological polar surface area (TPSA) is 29.5 Å². The summed E-state index contributed by atoms with van der Waals surface area (Å²) in [4.78, 5) is 0. The van der Waals surface area contributed by atoms with Crippen LogP contribution in [0.1, 0.15) is 5.56 Å². The van der Waals surface area contributed by atoms with E-state index in [4.69, 9.17) is 33.0 Å². The highest BCUT2D eigenvalue weighted by Gasteiger charge is 2.06. The fraction of sp³-hybridized carbons (Fsp3) is 0.333. The van der Waals surface area contributed by atoms with Gasteiger partial charge in [-0.25, -0.2) is 0 Å². The van der Waals surface area contributed by atoms with Crippen LogP contribution in [-0.2, 0) is 6.42 Å². The average Bonchev–Trinajstić information content (AvgIpc) is 2.11. The van der Waals surface area contributed by atoms with Crippen molar-refractivity contribution in [1.82, 2.24) is 0 Å². The fourth-order valence-electron chi connectivity index (χ4n) is 1.04. The summed E-state index contributed by atoms with van der Waals surface area (Å²) in [6.45, 7) is 0.0579. The Kier molecular flexibility index (Phi) is 3.85. The number of benzene rings is 1. The van der Waals surface area contributed by atoms with Gasteiger partial charge < -0.3 is 9.84 Å². The van der Waals surface area contributed by atoms with Crippen molar-refractivity contribution in [1.29, 1.82) is 0 Å². The van der Waals surface area contributed by atoms with Crippen molar-refractivity contribution in [2.45, 2.75) is 6.42 Å². The Labute approximate surface area is 87.0 Å². The van der Waals surface area contributed by atoms with Gasteiger partial charge >= 0.3 is 0 Å². The van der Waals surface area contributed by atoms with Crippen LogP contribution in [-0.4, -0.2) is 18.8 Å². The summed E-state index contributed by atoms with van der Waals surface area (Å²) in [5, 5.41) is 9.80. The predicted octanol–water partition coefficient (Wildman–Crippen LogP) is 2.54. The second-order valence-electron chi connectivity index (χ2n) is 2.55. The highest BCUT2D eigenvalue weighted by atomic mass is 35.5. The molecule has 1 aromatic rings. The molecule has 0 aliphatic rings. The van der Waals surface area contributed by atoms with E-state index >= 15 is 0 Å². The Morgan fingerprint density at radius 2 is 2.00 bits per heavy atom. The fourth-order valence-corrected chi connectivity index (χ4v) is 1.55. The zero-order chi connectivity index (χ0) is 9.84. The molecule has 1 rings (SSSR count).